The SMILES string of the molecule is CCCCCCCCCCCCCCCc1cc(S(=O)(=O)O)c2c(CCCCCCCCCCCCCCC)cccc2c1. The van der Waals surface area contributed by atoms with Crippen LogP contribution in [0.4, 0.5) is 0 Å². The van der Waals surface area contributed by atoms with Crippen LogP contribution in [0.1, 0.15) is 192 Å². The Hall–Kier alpha value is -1.39. The minimum Gasteiger partial charge on any atom is -0.282 e. The van der Waals surface area contributed by atoms with Crippen molar-refractivity contribution in [2.45, 2.75) is 199 Å². The molecule has 0 saturated heterocycles. The van der Waals surface area contributed by atoms with Crippen molar-refractivity contribution in [1.29, 1.82) is 0 Å². The van der Waals surface area contributed by atoms with Crippen LogP contribution in [-0.2, 0) is 23.0 Å². The molecule has 0 unspecified atom stereocenters. The molecule has 0 radical (unpaired) electrons. The summed E-state index contributed by atoms with van der Waals surface area (Å²) >= 11 is 0. The van der Waals surface area contributed by atoms with Crippen LogP contribution in [0.3, 0.4) is 0 Å². The number of hydrogen-bond acceptors (Lipinski definition) is 2. The van der Waals surface area contributed by atoms with Crippen LogP contribution in [0.5, 0.6) is 0 Å². The van der Waals surface area contributed by atoms with Crippen molar-refractivity contribution in [3.05, 3.63) is 41.5 Å². The summed E-state index contributed by atoms with van der Waals surface area (Å²) < 4.78 is 35.1. The smallest absolute Gasteiger partial charge is 0.282 e. The maximum Gasteiger partial charge on any atom is 0.295 e. The number of fused-ring (bicyclic) bond motifs is 1. The Balaban J connectivity index is 1.71. The van der Waals surface area contributed by atoms with Gasteiger partial charge in [-0.1, -0.05) is 192 Å². The molecule has 0 aliphatic carbocycles. The zero-order valence-electron chi connectivity index (χ0n) is 28.9. The van der Waals surface area contributed by atoms with E-state index in [9.17, 15) is 13.0 Å². The van der Waals surface area contributed by atoms with Crippen LogP contribution in [-0.4, -0.2) is 13.0 Å². The fraction of sp³-hybridized carbons (Fsp3) is 0.750. The highest BCUT2D eigenvalue weighted by molar-refractivity contribution is 7.86. The van der Waals surface area contributed by atoms with Gasteiger partial charge in [0.05, 0.1) is 0 Å². The molecular formula is C40H68O3S. The summed E-state index contributed by atoms with van der Waals surface area (Å²) in [7, 11) is -4.29. The van der Waals surface area contributed by atoms with E-state index >= 15 is 0 Å². The van der Waals surface area contributed by atoms with Crippen LogP contribution in [0.2, 0.25) is 0 Å². The molecule has 3 nitrogen and oxygen atoms in total. The minimum absolute atomic E-state index is 0.102. The molecule has 2 aromatic rings. The van der Waals surface area contributed by atoms with Crippen LogP contribution >= 0.6 is 0 Å². The van der Waals surface area contributed by atoms with Gasteiger partial charge in [0.15, 0.2) is 0 Å². The predicted molar refractivity (Wildman–Crippen MR) is 193 cm³/mol. The third kappa shape index (κ3) is 17.3. The second-order valence-electron chi connectivity index (χ2n) is 13.6. The summed E-state index contributed by atoms with van der Waals surface area (Å²) in [4.78, 5) is 0.102. The number of hydrogen-bond donors (Lipinski definition) is 1. The first-order valence-corrected chi connectivity index (χ1v) is 20.4. The van der Waals surface area contributed by atoms with Crippen molar-refractivity contribution in [2.75, 3.05) is 0 Å². The molecule has 0 aromatic heterocycles. The molecule has 0 atom stereocenters. The second kappa shape index (κ2) is 24.8. The Morgan fingerprint density at radius 1 is 0.500 bits per heavy atom. The lowest BCUT2D eigenvalue weighted by Crippen LogP contribution is -2.03. The molecule has 0 saturated carbocycles. The largest absolute Gasteiger partial charge is 0.295 e. The van der Waals surface area contributed by atoms with E-state index < -0.39 is 10.1 Å². The summed E-state index contributed by atoms with van der Waals surface area (Å²) in [5.74, 6) is 0. The molecule has 2 rings (SSSR count). The van der Waals surface area contributed by atoms with Crippen LogP contribution < -0.4 is 0 Å². The Labute approximate surface area is 273 Å². The fourth-order valence-corrected chi connectivity index (χ4v) is 7.57. The molecule has 44 heavy (non-hydrogen) atoms. The lowest BCUT2D eigenvalue weighted by atomic mass is 9.96. The Kier molecular flexibility index (Phi) is 21.9. The van der Waals surface area contributed by atoms with Crippen molar-refractivity contribution >= 4 is 20.9 Å². The standard InChI is InChI=1S/C40H68O3S/c1-3-5-7-9-11-13-15-17-19-21-23-25-27-30-36-34-38-33-29-32-37(40(38)39(35-36)44(41,42)43)31-28-26-24-22-20-18-16-14-12-10-8-6-4-2/h29,32-35H,3-28,30-31H2,1-2H3,(H,41,42,43). The Morgan fingerprint density at radius 3 is 1.30 bits per heavy atom. The molecule has 0 aliphatic heterocycles. The van der Waals surface area contributed by atoms with E-state index in [-0.39, 0.29) is 4.90 Å². The fourth-order valence-electron chi connectivity index (χ4n) is 6.76. The molecule has 1 N–H and O–H groups in total. The zero-order chi connectivity index (χ0) is 31.7. The highest BCUT2D eigenvalue weighted by Gasteiger charge is 2.18. The third-order valence-electron chi connectivity index (χ3n) is 9.48. The third-order valence-corrected chi connectivity index (χ3v) is 10.4. The van der Waals surface area contributed by atoms with E-state index in [2.05, 4.69) is 19.9 Å². The average molecular weight is 629 g/mol. The van der Waals surface area contributed by atoms with E-state index in [1.165, 1.54) is 154 Å². The molecule has 0 spiro atoms. The minimum atomic E-state index is -4.29. The van der Waals surface area contributed by atoms with Gasteiger partial charge in [-0.2, -0.15) is 8.42 Å². The monoisotopic (exact) mass is 628 g/mol. The molecule has 252 valence electrons. The predicted octanol–water partition coefficient (Wildman–Crippen LogP) is 13.4. The van der Waals surface area contributed by atoms with Gasteiger partial charge >= 0.3 is 0 Å². The highest BCUT2D eigenvalue weighted by Crippen LogP contribution is 2.30. The highest BCUT2D eigenvalue weighted by atomic mass is 32.2. The van der Waals surface area contributed by atoms with Gasteiger partial charge in [0.2, 0.25) is 0 Å². The molecule has 0 fully saturated rings. The summed E-state index contributed by atoms with van der Waals surface area (Å²) in [6.45, 7) is 4.55. The van der Waals surface area contributed by atoms with Gasteiger partial charge < -0.3 is 0 Å². The Bertz CT molecular complexity index is 1090. The second-order valence-corrected chi connectivity index (χ2v) is 15.0. The number of aryl methyl sites for hydroxylation is 2. The summed E-state index contributed by atoms with van der Waals surface area (Å²) in [6, 6.07) is 9.99. The number of benzene rings is 2. The van der Waals surface area contributed by atoms with Gasteiger partial charge in [0.25, 0.3) is 10.1 Å². The first-order valence-electron chi connectivity index (χ1n) is 19.0. The quantitative estimate of drug-likeness (QED) is 0.0720. The maximum atomic E-state index is 12.5. The Morgan fingerprint density at radius 2 is 0.886 bits per heavy atom. The van der Waals surface area contributed by atoms with Crippen molar-refractivity contribution in [3.8, 4) is 0 Å². The molecule has 0 bridgehead atoms. The van der Waals surface area contributed by atoms with Gasteiger partial charge in [-0.05, 0) is 48.3 Å². The lowest BCUT2D eigenvalue weighted by Gasteiger charge is -2.13. The van der Waals surface area contributed by atoms with Gasteiger partial charge in [0.1, 0.15) is 4.90 Å². The van der Waals surface area contributed by atoms with E-state index in [1.54, 1.807) is 6.07 Å². The molecular weight excluding hydrogens is 561 g/mol. The van der Waals surface area contributed by atoms with E-state index in [4.69, 9.17) is 0 Å². The lowest BCUT2D eigenvalue weighted by molar-refractivity contribution is 0.484. The molecule has 0 heterocycles. The van der Waals surface area contributed by atoms with Gasteiger partial charge in [-0.25, -0.2) is 0 Å². The maximum absolute atomic E-state index is 12.5. The average Bonchev–Trinajstić information content (AvgIpc) is 3.01. The van der Waals surface area contributed by atoms with Gasteiger partial charge in [0, 0.05) is 5.39 Å². The van der Waals surface area contributed by atoms with Crippen LogP contribution in [0.15, 0.2) is 35.2 Å². The number of rotatable bonds is 29. The summed E-state index contributed by atoms with van der Waals surface area (Å²) in [5, 5.41) is 1.67. The van der Waals surface area contributed by atoms with E-state index in [0.717, 1.165) is 47.6 Å². The summed E-state index contributed by atoms with van der Waals surface area (Å²) in [6.07, 6.45) is 36.0. The van der Waals surface area contributed by atoms with E-state index in [0.29, 0.717) is 0 Å². The molecule has 2 aromatic carbocycles. The summed E-state index contributed by atoms with van der Waals surface area (Å²) in [5.41, 5.74) is 2.07. The van der Waals surface area contributed by atoms with Crippen LogP contribution in [0.25, 0.3) is 10.8 Å². The number of unbranched alkanes of at least 4 members (excludes halogenated alkanes) is 24. The van der Waals surface area contributed by atoms with Crippen molar-refractivity contribution in [1.82, 2.24) is 0 Å². The topological polar surface area (TPSA) is 54.4 Å². The van der Waals surface area contributed by atoms with Crippen molar-refractivity contribution in [2.24, 2.45) is 0 Å². The van der Waals surface area contributed by atoms with Crippen molar-refractivity contribution in [3.63, 3.8) is 0 Å². The van der Waals surface area contributed by atoms with Crippen molar-refractivity contribution < 1.29 is 13.0 Å². The first-order chi connectivity index (χ1) is 21.5. The molecule has 4 heteroatoms. The van der Waals surface area contributed by atoms with Gasteiger partial charge in [-0.3, -0.25) is 4.55 Å². The molecule has 0 amide bonds. The zero-order valence-corrected chi connectivity index (χ0v) is 29.7. The van der Waals surface area contributed by atoms with E-state index in [1.807, 2.05) is 18.2 Å². The first kappa shape index (κ1) is 38.8. The van der Waals surface area contributed by atoms with Gasteiger partial charge in [-0.15, -0.1) is 0 Å². The normalized spacial score (nSPS) is 12.0. The molecule has 0 aliphatic rings. The van der Waals surface area contributed by atoms with Crippen LogP contribution in [0, 0.1) is 0 Å².